The topological polar surface area (TPSA) is 47.9 Å². The van der Waals surface area contributed by atoms with Gasteiger partial charge in [0.2, 0.25) is 0 Å². The molecule has 4 nitrogen and oxygen atoms in total. The Hall–Kier alpha value is -0.940. The van der Waals surface area contributed by atoms with Crippen LogP contribution in [0.25, 0.3) is 0 Å². The van der Waals surface area contributed by atoms with E-state index in [4.69, 9.17) is 14.2 Å². The number of aliphatic hydroxyl groups is 1. The first-order valence-corrected chi connectivity index (χ1v) is 10.3. The molecule has 150 valence electrons. The van der Waals surface area contributed by atoms with E-state index in [1.165, 1.54) is 25.7 Å². The molecule has 1 aromatic carbocycles. The molecule has 26 heavy (non-hydrogen) atoms. The Morgan fingerprint density at radius 3 is 1.73 bits per heavy atom. The highest BCUT2D eigenvalue weighted by Gasteiger charge is 2.55. The first-order valence-electron chi connectivity index (χ1n) is 10.3. The first-order chi connectivity index (χ1) is 12.6. The van der Waals surface area contributed by atoms with Crippen molar-refractivity contribution in [3.8, 4) is 0 Å². The van der Waals surface area contributed by atoms with Gasteiger partial charge in [-0.15, -0.1) is 0 Å². The summed E-state index contributed by atoms with van der Waals surface area (Å²) in [7, 11) is 0. The molecule has 0 aromatic heterocycles. The normalized spacial score (nSPS) is 14.3. The summed E-state index contributed by atoms with van der Waals surface area (Å²) in [5, 5.41) is 11.8. The van der Waals surface area contributed by atoms with Crippen LogP contribution in [0.4, 0.5) is 0 Å². The zero-order chi connectivity index (χ0) is 19.3. The summed E-state index contributed by atoms with van der Waals surface area (Å²) in [6.07, 6.45) is 7.43. The number of unbranched alkanes of at least 4 members (excludes halogenated alkanes) is 5. The fourth-order valence-corrected chi connectivity index (χ4v) is 3.40. The quantitative estimate of drug-likeness (QED) is 0.334. The molecule has 0 spiro atoms. The highest BCUT2D eigenvalue weighted by Crippen LogP contribution is 2.42. The average molecular weight is 367 g/mol. The molecular weight excluding hydrogens is 328 g/mol. The highest BCUT2D eigenvalue weighted by molar-refractivity contribution is 5.24. The van der Waals surface area contributed by atoms with Gasteiger partial charge in [0.15, 0.2) is 5.60 Å². The summed E-state index contributed by atoms with van der Waals surface area (Å²) in [5.74, 6) is -1.49. The number of benzene rings is 1. The van der Waals surface area contributed by atoms with Gasteiger partial charge in [-0.3, -0.25) is 0 Å². The molecule has 0 aliphatic carbocycles. The Kier molecular flexibility index (Phi) is 11.1. The summed E-state index contributed by atoms with van der Waals surface area (Å²) in [6, 6.07) is 9.64. The summed E-state index contributed by atoms with van der Waals surface area (Å²) < 4.78 is 17.8. The van der Waals surface area contributed by atoms with Crippen molar-refractivity contribution in [2.45, 2.75) is 84.2 Å². The molecular formula is C22H38O4. The molecule has 0 saturated carbocycles. The lowest BCUT2D eigenvalue weighted by atomic mass is 9.85. The molecule has 0 bridgehead atoms. The molecule has 1 N–H and O–H groups in total. The Bertz CT molecular complexity index is 445. The Morgan fingerprint density at radius 2 is 1.23 bits per heavy atom. The first kappa shape index (κ1) is 23.1. The molecule has 0 fully saturated rings. The van der Waals surface area contributed by atoms with E-state index < -0.39 is 11.6 Å². The van der Waals surface area contributed by atoms with Crippen LogP contribution in [0.3, 0.4) is 0 Å². The van der Waals surface area contributed by atoms with Gasteiger partial charge in [0.05, 0.1) is 0 Å². The van der Waals surface area contributed by atoms with Crippen molar-refractivity contribution in [1.82, 2.24) is 0 Å². The summed E-state index contributed by atoms with van der Waals surface area (Å²) in [4.78, 5) is 0. The van der Waals surface area contributed by atoms with Crippen molar-refractivity contribution in [1.29, 1.82) is 0 Å². The zero-order valence-electron chi connectivity index (χ0n) is 17.1. The van der Waals surface area contributed by atoms with Crippen molar-refractivity contribution in [2.24, 2.45) is 0 Å². The minimum atomic E-state index is -1.49. The maximum absolute atomic E-state index is 11.8. The zero-order valence-corrected chi connectivity index (χ0v) is 17.1. The van der Waals surface area contributed by atoms with E-state index in [9.17, 15) is 5.11 Å². The number of rotatable bonds is 15. The fourth-order valence-electron chi connectivity index (χ4n) is 3.40. The molecule has 0 radical (unpaired) electrons. The van der Waals surface area contributed by atoms with E-state index in [1.807, 2.05) is 51.1 Å². The Morgan fingerprint density at radius 1 is 0.731 bits per heavy atom. The number of hydrogen-bond acceptors (Lipinski definition) is 4. The average Bonchev–Trinajstić information content (AvgIpc) is 2.65. The van der Waals surface area contributed by atoms with Gasteiger partial charge in [0.25, 0.3) is 0 Å². The van der Waals surface area contributed by atoms with Gasteiger partial charge in [0, 0.05) is 19.8 Å². The van der Waals surface area contributed by atoms with Crippen LogP contribution in [-0.4, -0.2) is 30.9 Å². The van der Waals surface area contributed by atoms with Gasteiger partial charge >= 0.3 is 5.97 Å². The molecule has 1 rings (SSSR count). The maximum Gasteiger partial charge on any atom is 0.318 e. The lowest BCUT2D eigenvalue weighted by Gasteiger charge is -2.45. The van der Waals surface area contributed by atoms with Crippen LogP contribution in [-0.2, 0) is 19.8 Å². The summed E-state index contributed by atoms with van der Waals surface area (Å²) >= 11 is 0. The largest absolute Gasteiger partial charge is 0.377 e. The van der Waals surface area contributed by atoms with Crippen LogP contribution in [0.15, 0.2) is 30.3 Å². The minimum absolute atomic E-state index is 0.394. The van der Waals surface area contributed by atoms with Gasteiger partial charge in [-0.2, -0.15) is 0 Å². The maximum atomic E-state index is 11.8. The van der Waals surface area contributed by atoms with Gasteiger partial charge in [0.1, 0.15) is 0 Å². The molecule has 0 saturated heterocycles. The fraction of sp³-hybridized carbons (Fsp3) is 0.727. The van der Waals surface area contributed by atoms with E-state index >= 15 is 0 Å². The summed E-state index contributed by atoms with van der Waals surface area (Å²) in [5.41, 5.74) is -0.593. The van der Waals surface area contributed by atoms with Crippen LogP contribution in [0.5, 0.6) is 0 Å². The second-order valence-corrected chi connectivity index (χ2v) is 6.60. The molecule has 4 heteroatoms. The lowest BCUT2D eigenvalue weighted by molar-refractivity contribution is -0.445. The second kappa shape index (κ2) is 12.4. The SMILES string of the molecule is CCCCCCCCC(O)(c1ccccc1)C(OCC)(OCC)OCC. The Labute approximate surface area is 159 Å². The van der Waals surface area contributed by atoms with E-state index in [1.54, 1.807) is 0 Å². The van der Waals surface area contributed by atoms with E-state index in [2.05, 4.69) is 6.92 Å². The van der Waals surface area contributed by atoms with Crippen molar-refractivity contribution in [2.75, 3.05) is 19.8 Å². The molecule has 1 aromatic rings. The highest BCUT2D eigenvalue weighted by atomic mass is 16.9. The van der Waals surface area contributed by atoms with Crippen LogP contribution in [0.1, 0.15) is 78.2 Å². The third-order valence-corrected chi connectivity index (χ3v) is 4.65. The number of hydrogen-bond donors (Lipinski definition) is 1. The van der Waals surface area contributed by atoms with E-state index in [0.29, 0.717) is 26.2 Å². The standard InChI is InChI=1S/C22H38O4/c1-5-9-10-11-12-16-19-21(23,20-17-14-13-15-18-20)22(24-6-2,25-7-3)26-8-4/h13-15,17-18,23H,5-12,16,19H2,1-4H3. The number of ether oxygens (including phenoxy) is 3. The summed E-state index contributed by atoms with van der Waals surface area (Å²) in [6.45, 7) is 9.08. The molecule has 0 aliphatic rings. The predicted molar refractivity (Wildman–Crippen MR) is 106 cm³/mol. The molecule has 1 unspecified atom stereocenters. The molecule has 0 heterocycles. The smallest absolute Gasteiger partial charge is 0.318 e. The van der Waals surface area contributed by atoms with Crippen LogP contribution in [0, 0.1) is 0 Å². The third kappa shape index (κ3) is 6.05. The van der Waals surface area contributed by atoms with Gasteiger partial charge in [-0.05, 0) is 39.2 Å². The van der Waals surface area contributed by atoms with Gasteiger partial charge < -0.3 is 19.3 Å². The molecule has 1 atom stereocenters. The van der Waals surface area contributed by atoms with Crippen molar-refractivity contribution < 1.29 is 19.3 Å². The van der Waals surface area contributed by atoms with E-state index in [0.717, 1.165) is 18.4 Å². The lowest BCUT2D eigenvalue weighted by Crippen LogP contribution is -2.57. The third-order valence-electron chi connectivity index (χ3n) is 4.65. The molecule has 0 amide bonds. The van der Waals surface area contributed by atoms with Gasteiger partial charge in [-0.1, -0.05) is 69.4 Å². The minimum Gasteiger partial charge on any atom is -0.377 e. The predicted octanol–water partition coefficient (Wildman–Crippen LogP) is 5.39. The van der Waals surface area contributed by atoms with Crippen LogP contribution < -0.4 is 0 Å². The van der Waals surface area contributed by atoms with Gasteiger partial charge in [-0.25, -0.2) is 0 Å². The Balaban J connectivity index is 3.07. The molecule has 0 aliphatic heterocycles. The second-order valence-electron chi connectivity index (χ2n) is 6.60. The van der Waals surface area contributed by atoms with E-state index in [-0.39, 0.29) is 0 Å². The van der Waals surface area contributed by atoms with Crippen LogP contribution >= 0.6 is 0 Å². The van der Waals surface area contributed by atoms with Crippen LogP contribution in [0.2, 0.25) is 0 Å². The van der Waals surface area contributed by atoms with Crippen molar-refractivity contribution >= 4 is 0 Å². The van der Waals surface area contributed by atoms with Crippen molar-refractivity contribution in [3.05, 3.63) is 35.9 Å². The van der Waals surface area contributed by atoms with Crippen molar-refractivity contribution in [3.63, 3.8) is 0 Å². The monoisotopic (exact) mass is 366 g/mol.